The van der Waals surface area contributed by atoms with Crippen LogP contribution >= 0.6 is 0 Å². The smallest absolute Gasteiger partial charge is 0.189 e. The van der Waals surface area contributed by atoms with Gasteiger partial charge in [0.1, 0.15) is 24.4 Å². The molecule has 0 N–H and O–H groups in total. The highest BCUT2D eigenvalue weighted by Crippen LogP contribution is 2.32. The minimum atomic E-state index is -0.794. The van der Waals surface area contributed by atoms with Crippen molar-refractivity contribution in [1.82, 2.24) is 0 Å². The minimum absolute atomic E-state index is 0.272. The highest BCUT2D eigenvalue weighted by molar-refractivity contribution is 5.16. The van der Waals surface area contributed by atoms with Gasteiger partial charge in [0.05, 0.1) is 33.0 Å². The van der Waals surface area contributed by atoms with Gasteiger partial charge in [0.2, 0.25) is 0 Å². The first-order chi connectivity index (χ1) is 22.2. The lowest BCUT2D eigenvalue weighted by atomic mass is 9.97. The van der Waals surface area contributed by atoms with E-state index in [9.17, 15) is 0 Å². The van der Waals surface area contributed by atoms with E-state index in [1.54, 1.807) is 0 Å². The third kappa shape index (κ3) is 10.3. The molecule has 0 amide bonds. The molecule has 0 aliphatic carbocycles. The third-order valence-corrected chi connectivity index (χ3v) is 7.57. The van der Waals surface area contributed by atoms with Crippen LogP contribution in [0.2, 0.25) is 0 Å². The number of benzene rings is 4. The molecule has 4 aromatic rings. The first-order valence-electron chi connectivity index (χ1n) is 15.7. The summed E-state index contributed by atoms with van der Waals surface area (Å²) >= 11 is 0. The summed E-state index contributed by atoms with van der Waals surface area (Å²) in [5.41, 5.74) is 4.21. The Bertz CT molecular complexity index is 1340. The summed E-state index contributed by atoms with van der Waals surface area (Å²) < 4.78 is 45.0. The van der Waals surface area contributed by atoms with Crippen molar-refractivity contribution in [3.63, 3.8) is 0 Å². The van der Waals surface area contributed by atoms with Crippen LogP contribution in [0.3, 0.4) is 0 Å². The molecular formula is C38H44O7. The van der Waals surface area contributed by atoms with Gasteiger partial charge < -0.3 is 33.2 Å². The van der Waals surface area contributed by atoms with Crippen molar-refractivity contribution in [3.8, 4) is 0 Å². The van der Waals surface area contributed by atoms with Crippen LogP contribution < -0.4 is 0 Å². The molecule has 7 nitrogen and oxygen atoms in total. The van der Waals surface area contributed by atoms with Crippen LogP contribution in [-0.2, 0) is 59.6 Å². The molecule has 0 radical (unpaired) electrons. The molecule has 0 saturated carbocycles. The molecule has 1 fully saturated rings. The SMILES string of the molecule is CCOC(C)O[C@H]1O[C@H](COCc2ccccc2)[C@@H](OCc2ccccc2)[C@H](OCc2ccccc2)[C@H]1OCc1ccccc1. The van der Waals surface area contributed by atoms with Crippen LogP contribution in [0.5, 0.6) is 0 Å². The molecule has 1 saturated heterocycles. The second-order valence-electron chi connectivity index (χ2n) is 11.0. The lowest BCUT2D eigenvalue weighted by Gasteiger charge is -2.46. The van der Waals surface area contributed by atoms with E-state index in [4.69, 9.17) is 33.2 Å². The molecule has 238 valence electrons. The predicted octanol–water partition coefficient (Wildman–Crippen LogP) is 7.08. The summed E-state index contributed by atoms with van der Waals surface area (Å²) in [7, 11) is 0. The van der Waals surface area contributed by atoms with Crippen LogP contribution in [0, 0.1) is 0 Å². The Labute approximate surface area is 267 Å². The van der Waals surface area contributed by atoms with E-state index >= 15 is 0 Å². The summed E-state index contributed by atoms with van der Waals surface area (Å²) in [5, 5.41) is 0. The van der Waals surface area contributed by atoms with Gasteiger partial charge in [-0.25, -0.2) is 0 Å². The molecule has 0 bridgehead atoms. The summed E-state index contributed by atoms with van der Waals surface area (Å²) in [4.78, 5) is 0. The Kier molecular flexibility index (Phi) is 13.1. The van der Waals surface area contributed by atoms with Gasteiger partial charge >= 0.3 is 0 Å². The Morgan fingerprint density at radius 1 is 0.556 bits per heavy atom. The maximum Gasteiger partial charge on any atom is 0.189 e. The van der Waals surface area contributed by atoms with Crippen LogP contribution in [0.25, 0.3) is 0 Å². The van der Waals surface area contributed by atoms with E-state index in [1.807, 2.05) is 135 Å². The monoisotopic (exact) mass is 612 g/mol. The molecule has 4 aromatic carbocycles. The van der Waals surface area contributed by atoms with Crippen LogP contribution in [0.15, 0.2) is 121 Å². The Hall–Kier alpha value is -3.40. The first kappa shape index (κ1) is 33.0. The van der Waals surface area contributed by atoms with Crippen LogP contribution in [-0.4, -0.2) is 50.2 Å². The highest BCUT2D eigenvalue weighted by Gasteiger charge is 2.49. The fourth-order valence-corrected chi connectivity index (χ4v) is 5.32. The largest absolute Gasteiger partial charge is 0.374 e. The number of ether oxygens (including phenoxy) is 7. The fourth-order valence-electron chi connectivity index (χ4n) is 5.32. The Morgan fingerprint density at radius 3 is 1.44 bits per heavy atom. The maximum atomic E-state index is 6.73. The van der Waals surface area contributed by atoms with Crippen molar-refractivity contribution >= 4 is 0 Å². The van der Waals surface area contributed by atoms with Gasteiger partial charge in [-0.2, -0.15) is 0 Å². The van der Waals surface area contributed by atoms with E-state index < -0.39 is 37.0 Å². The lowest BCUT2D eigenvalue weighted by molar-refractivity contribution is -0.353. The zero-order chi connectivity index (χ0) is 31.1. The summed E-state index contributed by atoms with van der Waals surface area (Å²) in [6, 6.07) is 40.3. The molecule has 0 spiro atoms. The Morgan fingerprint density at radius 2 is 0.978 bits per heavy atom. The normalized spacial score (nSPS) is 22.2. The highest BCUT2D eigenvalue weighted by atomic mass is 16.8. The second-order valence-corrected chi connectivity index (χ2v) is 11.0. The van der Waals surface area contributed by atoms with Crippen molar-refractivity contribution in [3.05, 3.63) is 144 Å². The Balaban J connectivity index is 1.43. The summed E-state index contributed by atoms with van der Waals surface area (Å²) in [6.07, 6.45) is -3.51. The topological polar surface area (TPSA) is 64.6 Å². The second kappa shape index (κ2) is 17.9. The number of hydrogen-bond donors (Lipinski definition) is 0. The van der Waals surface area contributed by atoms with Gasteiger partial charge in [0.25, 0.3) is 0 Å². The van der Waals surface area contributed by atoms with E-state index in [-0.39, 0.29) is 6.61 Å². The summed E-state index contributed by atoms with van der Waals surface area (Å²) in [6.45, 7) is 6.11. The standard InChI is InChI=1S/C38H44O7/c1-3-40-29(2)44-38-37(43-27-33-22-14-7-15-23-33)36(42-26-32-20-12-6-13-21-32)35(41-25-31-18-10-5-11-19-31)34(45-38)28-39-24-30-16-8-4-9-17-30/h4-23,29,34-38H,3,24-28H2,1-2H3/t29?,34-,35-,36+,37-,38+/m1/s1. The van der Waals surface area contributed by atoms with Crippen molar-refractivity contribution in [2.45, 2.75) is 77.3 Å². The van der Waals surface area contributed by atoms with Crippen molar-refractivity contribution < 1.29 is 33.2 Å². The maximum absolute atomic E-state index is 6.73. The van der Waals surface area contributed by atoms with Gasteiger partial charge in [0, 0.05) is 6.61 Å². The predicted molar refractivity (Wildman–Crippen MR) is 172 cm³/mol. The van der Waals surface area contributed by atoms with Crippen molar-refractivity contribution in [1.29, 1.82) is 0 Å². The molecule has 1 aliphatic rings. The molecule has 1 aliphatic heterocycles. The van der Waals surface area contributed by atoms with Gasteiger partial charge in [-0.05, 0) is 36.1 Å². The minimum Gasteiger partial charge on any atom is -0.374 e. The fraction of sp³-hybridized carbons (Fsp3) is 0.368. The van der Waals surface area contributed by atoms with Gasteiger partial charge in [-0.3, -0.25) is 0 Å². The van der Waals surface area contributed by atoms with Crippen LogP contribution in [0.1, 0.15) is 36.1 Å². The molecule has 7 heteroatoms. The molecule has 0 aromatic heterocycles. The zero-order valence-corrected chi connectivity index (χ0v) is 26.1. The average Bonchev–Trinajstić information content (AvgIpc) is 3.08. The third-order valence-electron chi connectivity index (χ3n) is 7.57. The van der Waals surface area contributed by atoms with Gasteiger partial charge in [-0.1, -0.05) is 121 Å². The van der Waals surface area contributed by atoms with Gasteiger partial charge in [-0.15, -0.1) is 0 Å². The van der Waals surface area contributed by atoms with Crippen LogP contribution in [0.4, 0.5) is 0 Å². The van der Waals surface area contributed by atoms with E-state index in [0.717, 1.165) is 22.3 Å². The quantitative estimate of drug-likeness (QED) is 0.118. The van der Waals surface area contributed by atoms with Crippen molar-refractivity contribution in [2.75, 3.05) is 13.2 Å². The number of hydrogen-bond acceptors (Lipinski definition) is 7. The molecule has 6 atom stereocenters. The molecular weight excluding hydrogens is 568 g/mol. The van der Waals surface area contributed by atoms with E-state index in [1.165, 1.54) is 0 Å². The van der Waals surface area contributed by atoms with Gasteiger partial charge in [0.15, 0.2) is 12.6 Å². The zero-order valence-electron chi connectivity index (χ0n) is 26.1. The summed E-state index contributed by atoms with van der Waals surface area (Å²) in [5.74, 6) is 0. The molecule has 1 heterocycles. The lowest BCUT2D eigenvalue weighted by Crippen LogP contribution is -2.62. The number of rotatable bonds is 17. The van der Waals surface area contributed by atoms with E-state index in [0.29, 0.717) is 33.0 Å². The average molecular weight is 613 g/mol. The molecule has 45 heavy (non-hydrogen) atoms. The first-order valence-corrected chi connectivity index (χ1v) is 15.7. The molecule has 5 rings (SSSR count). The van der Waals surface area contributed by atoms with E-state index in [2.05, 4.69) is 0 Å². The molecule has 1 unspecified atom stereocenters. The van der Waals surface area contributed by atoms with Crippen molar-refractivity contribution in [2.24, 2.45) is 0 Å².